The minimum Gasteiger partial charge on any atom is -0.298 e. The Labute approximate surface area is 185 Å². The van der Waals surface area contributed by atoms with E-state index in [-0.39, 0.29) is 0 Å². The molecule has 0 heterocycles. The average molecular weight is 419 g/mol. The molecule has 0 radical (unpaired) electrons. The SMILES string of the molecule is CCCCCCC1CCC2(CC1)C(=O)C1(CCC(C3CCC(CC)CC3)CC1)[C@@H]2F. The molecule has 4 aliphatic carbocycles. The molecule has 4 fully saturated rings. The molecule has 2 spiro atoms. The van der Waals surface area contributed by atoms with Crippen molar-refractivity contribution in [2.45, 2.75) is 136 Å². The zero-order chi connectivity index (χ0) is 21.2. The third-order valence-corrected chi connectivity index (χ3v) is 10.4. The van der Waals surface area contributed by atoms with Crippen molar-refractivity contribution in [1.82, 2.24) is 0 Å². The molecule has 1 nitrogen and oxygen atoms in total. The first-order valence-corrected chi connectivity index (χ1v) is 13.7. The van der Waals surface area contributed by atoms with Gasteiger partial charge < -0.3 is 0 Å². The highest BCUT2D eigenvalue weighted by atomic mass is 19.1. The lowest BCUT2D eigenvalue weighted by Crippen LogP contribution is -2.69. The van der Waals surface area contributed by atoms with Crippen LogP contribution in [-0.2, 0) is 4.79 Å². The zero-order valence-corrected chi connectivity index (χ0v) is 19.9. The monoisotopic (exact) mass is 418 g/mol. The lowest BCUT2D eigenvalue weighted by atomic mass is 9.41. The van der Waals surface area contributed by atoms with Gasteiger partial charge in [-0.2, -0.15) is 0 Å². The van der Waals surface area contributed by atoms with E-state index in [1.807, 2.05) is 0 Å². The van der Waals surface area contributed by atoms with E-state index < -0.39 is 17.0 Å². The fraction of sp³-hybridized carbons (Fsp3) is 0.964. The van der Waals surface area contributed by atoms with Crippen LogP contribution in [-0.4, -0.2) is 12.0 Å². The summed E-state index contributed by atoms with van der Waals surface area (Å²) in [6, 6.07) is 0. The second kappa shape index (κ2) is 9.62. The Hall–Kier alpha value is -0.400. The van der Waals surface area contributed by atoms with Crippen LogP contribution < -0.4 is 0 Å². The highest BCUT2D eigenvalue weighted by Gasteiger charge is 2.71. The summed E-state index contributed by atoms with van der Waals surface area (Å²) < 4.78 is 15.8. The molecule has 0 aromatic rings. The van der Waals surface area contributed by atoms with E-state index >= 15 is 4.39 Å². The van der Waals surface area contributed by atoms with Crippen molar-refractivity contribution in [3.63, 3.8) is 0 Å². The van der Waals surface area contributed by atoms with Gasteiger partial charge in [0.05, 0.1) is 10.8 Å². The van der Waals surface area contributed by atoms with Gasteiger partial charge in [-0.25, -0.2) is 4.39 Å². The minimum atomic E-state index is -0.838. The summed E-state index contributed by atoms with van der Waals surface area (Å²) in [4.78, 5) is 13.5. The number of carbonyl (C=O) groups is 1. The quantitative estimate of drug-likeness (QED) is 0.379. The fourth-order valence-corrected chi connectivity index (χ4v) is 8.17. The molecule has 1 atom stereocenters. The molecule has 0 aromatic heterocycles. The minimum absolute atomic E-state index is 0.361. The van der Waals surface area contributed by atoms with Crippen molar-refractivity contribution in [3.05, 3.63) is 0 Å². The van der Waals surface area contributed by atoms with Crippen LogP contribution in [0.5, 0.6) is 0 Å². The van der Waals surface area contributed by atoms with Crippen molar-refractivity contribution in [2.24, 2.45) is 34.5 Å². The second-order valence-electron chi connectivity index (χ2n) is 11.8. The molecule has 0 unspecified atom stereocenters. The number of alkyl halides is 1. The van der Waals surface area contributed by atoms with Crippen LogP contribution in [0.15, 0.2) is 0 Å². The van der Waals surface area contributed by atoms with Crippen LogP contribution in [0.2, 0.25) is 0 Å². The average Bonchev–Trinajstić information content (AvgIpc) is 2.82. The molecular formula is C28H47FO. The Balaban J connectivity index is 1.25. The van der Waals surface area contributed by atoms with E-state index in [1.54, 1.807) is 0 Å². The van der Waals surface area contributed by atoms with Gasteiger partial charge in [0.1, 0.15) is 6.17 Å². The van der Waals surface area contributed by atoms with Crippen LogP contribution in [0.4, 0.5) is 4.39 Å². The summed E-state index contributed by atoms with van der Waals surface area (Å²) in [5.74, 6) is 3.68. The number of rotatable bonds is 7. The summed E-state index contributed by atoms with van der Waals surface area (Å²) in [5.41, 5.74) is -1.13. The van der Waals surface area contributed by atoms with Crippen molar-refractivity contribution >= 4 is 5.78 Å². The number of Topliss-reactive ketones (excluding diaryl/α,β-unsaturated/α-hetero) is 1. The van der Waals surface area contributed by atoms with Crippen LogP contribution in [0.25, 0.3) is 0 Å². The van der Waals surface area contributed by atoms with E-state index in [0.29, 0.717) is 5.78 Å². The fourth-order valence-electron chi connectivity index (χ4n) is 8.17. The molecule has 2 heteroatoms. The lowest BCUT2D eigenvalue weighted by Gasteiger charge is -2.61. The highest BCUT2D eigenvalue weighted by molar-refractivity contribution is 5.98. The number of ketones is 1. The number of hydrogen-bond acceptors (Lipinski definition) is 1. The van der Waals surface area contributed by atoms with Gasteiger partial charge in [-0.3, -0.25) is 4.79 Å². The predicted octanol–water partition coefficient (Wildman–Crippen LogP) is 8.45. The molecular weight excluding hydrogens is 371 g/mol. The number of unbranched alkanes of at least 4 members (excludes halogenated alkanes) is 3. The van der Waals surface area contributed by atoms with Crippen molar-refractivity contribution < 1.29 is 9.18 Å². The van der Waals surface area contributed by atoms with Crippen LogP contribution in [0.3, 0.4) is 0 Å². The van der Waals surface area contributed by atoms with Gasteiger partial charge in [0.15, 0.2) is 5.78 Å². The molecule has 4 aliphatic rings. The maximum Gasteiger partial charge on any atom is 0.151 e. The smallest absolute Gasteiger partial charge is 0.151 e. The summed E-state index contributed by atoms with van der Waals surface area (Å²) in [5, 5.41) is 0. The molecule has 0 bridgehead atoms. The van der Waals surface area contributed by atoms with Crippen molar-refractivity contribution in [3.8, 4) is 0 Å². The van der Waals surface area contributed by atoms with Gasteiger partial charge in [-0.15, -0.1) is 0 Å². The third kappa shape index (κ3) is 4.03. The topological polar surface area (TPSA) is 17.1 Å². The van der Waals surface area contributed by atoms with Gasteiger partial charge in [-0.05, 0) is 87.9 Å². The Bertz CT molecular complexity index is 559. The first-order valence-electron chi connectivity index (χ1n) is 13.7. The molecule has 0 amide bonds. The first kappa shape index (κ1) is 22.8. The van der Waals surface area contributed by atoms with E-state index in [0.717, 1.165) is 75.0 Å². The molecule has 0 saturated heterocycles. The third-order valence-electron chi connectivity index (χ3n) is 10.4. The van der Waals surface area contributed by atoms with Crippen LogP contribution >= 0.6 is 0 Å². The molecule has 4 rings (SSSR count). The van der Waals surface area contributed by atoms with E-state index in [4.69, 9.17) is 0 Å². The summed E-state index contributed by atoms with van der Waals surface area (Å²) in [7, 11) is 0. The van der Waals surface area contributed by atoms with Gasteiger partial charge >= 0.3 is 0 Å². The van der Waals surface area contributed by atoms with Gasteiger partial charge in [0.25, 0.3) is 0 Å². The van der Waals surface area contributed by atoms with Gasteiger partial charge in [0, 0.05) is 0 Å². The second-order valence-corrected chi connectivity index (χ2v) is 11.8. The maximum absolute atomic E-state index is 15.8. The standard InChI is InChI=1S/C28H47FO/c1-3-5-6-7-8-22-13-17-27(18-14-22)25(29)28(26(27)30)19-15-24(16-20-28)23-11-9-21(4-2)10-12-23/h21-25H,3-20H2,1-2H3/t21?,22?,23?,24?,25-,27?,28?/m1/s1. The summed E-state index contributed by atoms with van der Waals surface area (Å²) in [6.07, 6.45) is 20.5. The normalized spacial score (nSPS) is 44.4. The number of carbonyl (C=O) groups excluding carboxylic acids is 1. The van der Waals surface area contributed by atoms with Gasteiger partial charge in [-0.1, -0.05) is 65.2 Å². The molecule has 172 valence electrons. The van der Waals surface area contributed by atoms with Crippen molar-refractivity contribution in [2.75, 3.05) is 0 Å². The predicted molar refractivity (Wildman–Crippen MR) is 123 cm³/mol. The van der Waals surface area contributed by atoms with E-state index in [1.165, 1.54) is 64.2 Å². The van der Waals surface area contributed by atoms with E-state index in [2.05, 4.69) is 13.8 Å². The molecule has 30 heavy (non-hydrogen) atoms. The van der Waals surface area contributed by atoms with Crippen LogP contribution in [0.1, 0.15) is 129 Å². The largest absolute Gasteiger partial charge is 0.298 e. The Morgan fingerprint density at radius 2 is 1.30 bits per heavy atom. The van der Waals surface area contributed by atoms with Crippen molar-refractivity contribution in [1.29, 1.82) is 0 Å². The van der Waals surface area contributed by atoms with Gasteiger partial charge in [0.2, 0.25) is 0 Å². The summed E-state index contributed by atoms with van der Waals surface area (Å²) in [6.45, 7) is 4.59. The number of hydrogen-bond donors (Lipinski definition) is 0. The first-order chi connectivity index (χ1) is 14.6. The van der Waals surface area contributed by atoms with Crippen LogP contribution in [0, 0.1) is 34.5 Å². The lowest BCUT2D eigenvalue weighted by molar-refractivity contribution is -0.194. The number of halogens is 1. The maximum atomic E-state index is 15.8. The Kier molecular flexibility index (Phi) is 7.30. The Morgan fingerprint density at radius 1 is 0.733 bits per heavy atom. The molecule has 0 aliphatic heterocycles. The molecule has 0 N–H and O–H groups in total. The Morgan fingerprint density at radius 3 is 1.83 bits per heavy atom. The highest BCUT2D eigenvalue weighted by Crippen LogP contribution is 2.66. The summed E-state index contributed by atoms with van der Waals surface area (Å²) >= 11 is 0. The van der Waals surface area contributed by atoms with E-state index in [9.17, 15) is 4.79 Å². The molecule has 4 saturated carbocycles. The zero-order valence-electron chi connectivity index (χ0n) is 19.9. The molecule has 0 aromatic carbocycles.